The van der Waals surface area contributed by atoms with Crippen molar-refractivity contribution in [3.05, 3.63) is 0 Å². The summed E-state index contributed by atoms with van der Waals surface area (Å²) in [5, 5.41) is 8.25. The molecule has 0 saturated carbocycles. The second kappa shape index (κ2) is 4.36. The Hall–Kier alpha value is 1.52. The summed E-state index contributed by atoms with van der Waals surface area (Å²) in [5.74, 6) is -0.757. The van der Waals surface area contributed by atoms with E-state index in [0.29, 0.717) is 0 Å². The molecule has 0 amide bonds. The second-order valence-electron chi connectivity index (χ2n) is 2.56. The number of hydrogen-bond donors (Lipinski definition) is 1. The Bertz CT molecular complexity index is 82.9. The Morgan fingerprint density at radius 3 is 1.50 bits per heavy atom. The van der Waals surface area contributed by atoms with Crippen LogP contribution in [0.3, 0.4) is 0 Å². The van der Waals surface area contributed by atoms with Crippen LogP contribution in [-0.2, 0) is 4.79 Å². The minimum absolute atomic E-state index is 0. The number of hydrogen-bond acceptors (Lipinski definition) is 1. The van der Waals surface area contributed by atoms with Crippen molar-refractivity contribution < 1.29 is 9.90 Å². The van der Waals surface area contributed by atoms with Crippen LogP contribution in [0.4, 0.5) is 0 Å². The van der Waals surface area contributed by atoms with Gasteiger partial charge in [0, 0.05) is 68.9 Å². The van der Waals surface area contributed by atoms with Gasteiger partial charge in [0.25, 0.3) is 0 Å². The summed E-state index contributed by atoms with van der Waals surface area (Å²) >= 11 is 0. The number of aliphatic carboxylic acids is 1. The summed E-state index contributed by atoms with van der Waals surface area (Å²) in [6.45, 7) is 4.99. The van der Waals surface area contributed by atoms with Gasteiger partial charge in [-0.15, -0.1) is 0 Å². The van der Waals surface area contributed by atoms with Crippen molar-refractivity contribution in [3.63, 3.8) is 0 Å². The molecule has 43 valence electrons. The van der Waals surface area contributed by atoms with E-state index in [4.69, 9.17) is 5.11 Å². The predicted octanol–water partition coefficient (Wildman–Crippen LogP) is 0.736. The van der Waals surface area contributed by atoms with Gasteiger partial charge < -0.3 is 5.11 Å². The molecule has 0 heterocycles. The van der Waals surface area contributed by atoms with Crippen LogP contribution in [0.1, 0.15) is 20.8 Å². The van der Waals surface area contributed by atoms with Crippen molar-refractivity contribution in [2.45, 2.75) is 20.8 Å². The van der Waals surface area contributed by atoms with E-state index in [2.05, 4.69) is 0 Å². The molecule has 0 saturated heterocycles. The van der Waals surface area contributed by atoms with Crippen molar-refractivity contribution in [2.75, 3.05) is 0 Å². The van der Waals surface area contributed by atoms with Gasteiger partial charge in [0.15, 0.2) is 0 Å². The van der Waals surface area contributed by atoms with E-state index in [1.807, 2.05) is 0 Å². The molecule has 0 aromatic rings. The monoisotopic (exact) mass is 235 g/mol. The van der Waals surface area contributed by atoms with Crippen LogP contribution in [0.25, 0.3) is 0 Å². The molecule has 0 unspecified atom stereocenters. The third kappa shape index (κ3) is 5.65. The summed E-state index contributed by atoms with van der Waals surface area (Å²) in [7, 11) is 0. The predicted molar refractivity (Wildman–Crippen MR) is 32.8 cm³/mol. The molecule has 0 aliphatic carbocycles. The van der Waals surface area contributed by atoms with Crippen molar-refractivity contribution >= 4 is 74.9 Å². The molecule has 2 nitrogen and oxygen atoms in total. The van der Waals surface area contributed by atoms with Crippen LogP contribution in [0.2, 0.25) is 0 Å². The first kappa shape index (κ1) is 12.2. The topological polar surface area (TPSA) is 37.3 Å². The number of carbonyl (C=O) groups is 1. The molecule has 0 aliphatic rings. The van der Waals surface area contributed by atoms with E-state index in [-0.39, 0.29) is 68.9 Å². The Labute approximate surface area is 108 Å². The van der Waals surface area contributed by atoms with Gasteiger partial charge >= 0.3 is 5.97 Å². The molecule has 3 heteroatoms. The third-order valence-electron chi connectivity index (χ3n) is 0.642. The number of carboxylic acid groups (broad SMARTS) is 1. The van der Waals surface area contributed by atoms with Crippen molar-refractivity contribution in [1.29, 1.82) is 0 Å². The fourth-order valence-corrected chi connectivity index (χ4v) is 0. The zero-order valence-corrected chi connectivity index (χ0v) is 12.1. The first-order valence-corrected chi connectivity index (χ1v) is 2.18. The Kier molecular flexibility index (Phi) is 6.65. The van der Waals surface area contributed by atoms with E-state index in [0.717, 1.165) is 0 Å². The molecule has 1 N–H and O–H groups in total. The average molecular weight is 235 g/mol. The van der Waals surface area contributed by atoms with E-state index >= 15 is 0 Å². The average Bonchev–Trinajstić information content (AvgIpc) is 1.31. The standard InChI is InChI=1S/C5H10O2.Cs/c1-5(2,3)4(6)7;/h1-3H3,(H,6,7);. The van der Waals surface area contributed by atoms with Crippen LogP contribution in [0.15, 0.2) is 0 Å². The summed E-state index contributed by atoms with van der Waals surface area (Å²) in [6.07, 6.45) is 0. The van der Waals surface area contributed by atoms with Gasteiger partial charge in [0.1, 0.15) is 0 Å². The van der Waals surface area contributed by atoms with Crippen LogP contribution in [-0.4, -0.2) is 80.0 Å². The Balaban J connectivity index is 0. The summed E-state index contributed by atoms with van der Waals surface area (Å²) in [4.78, 5) is 10.0. The number of carboxylic acids is 1. The molecular weight excluding hydrogens is 225 g/mol. The van der Waals surface area contributed by atoms with E-state index in [9.17, 15) is 4.79 Å². The summed E-state index contributed by atoms with van der Waals surface area (Å²) < 4.78 is 0. The molecule has 0 rings (SSSR count). The fraction of sp³-hybridized carbons (Fsp3) is 0.800. The van der Waals surface area contributed by atoms with Crippen molar-refractivity contribution in [2.24, 2.45) is 5.41 Å². The van der Waals surface area contributed by atoms with Crippen LogP contribution < -0.4 is 0 Å². The molecule has 0 atom stereocenters. The zero-order chi connectivity index (χ0) is 6.08. The largest absolute Gasteiger partial charge is 0.481 e. The third-order valence-corrected chi connectivity index (χ3v) is 0.642. The fourth-order valence-electron chi connectivity index (χ4n) is 0. The number of rotatable bonds is 0. The van der Waals surface area contributed by atoms with Gasteiger partial charge in [0.05, 0.1) is 5.41 Å². The van der Waals surface area contributed by atoms with E-state index < -0.39 is 11.4 Å². The van der Waals surface area contributed by atoms with Gasteiger partial charge in [-0.25, -0.2) is 0 Å². The van der Waals surface area contributed by atoms with Gasteiger partial charge in [0.2, 0.25) is 0 Å². The van der Waals surface area contributed by atoms with Gasteiger partial charge in [-0.1, -0.05) is 0 Å². The van der Waals surface area contributed by atoms with E-state index in [1.165, 1.54) is 0 Å². The molecule has 0 spiro atoms. The molecule has 0 aromatic carbocycles. The van der Waals surface area contributed by atoms with Gasteiger partial charge in [-0.3, -0.25) is 4.79 Å². The minimum atomic E-state index is -0.757. The molecule has 0 bridgehead atoms. The quantitative estimate of drug-likeness (QED) is 0.672. The maximum Gasteiger partial charge on any atom is 0.308 e. The summed E-state index contributed by atoms with van der Waals surface area (Å²) in [5.41, 5.74) is -0.583. The molecule has 8 heavy (non-hydrogen) atoms. The molecule has 0 aliphatic heterocycles. The minimum Gasteiger partial charge on any atom is -0.481 e. The second-order valence-corrected chi connectivity index (χ2v) is 2.56. The van der Waals surface area contributed by atoms with Crippen LogP contribution in [0.5, 0.6) is 0 Å². The van der Waals surface area contributed by atoms with Crippen LogP contribution >= 0.6 is 0 Å². The smallest absolute Gasteiger partial charge is 0.308 e. The Morgan fingerprint density at radius 2 is 1.50 bits per heavy atom. The van der Waals surface area contributed by atoms with Gasteiger partial charge in [-0.05, 0) is 20.8 Å². The normalized spacial score (nSPS) is 9.88. The zero-order valence-electron chi connectivity index (χ0n) is 5.86. The van der Waals surface area contributed by atoms with Crippen LogP contribution in [0, 0.1) is 5.41 Å². The molecule has 1 radical (unpaired) electrons. The molecule has 0 fully saturated rings. The Morgan fingerprint density at radius 1 is 1.38 bits per heavy atom. The van der Waals surface area contributed by atoms with Crippen molar-refractivity contribution in [1.82, 2.24) is 0 Å². The van der Waals surface area contributed by atoms with Gasteiger partial charge in [-0.2, -0.15) is 0 Å². The maximum atomic E-state index is 10.0. The molecule has 0 aromatic heterocycles. The SMILES string of the molecule is CC(C)(C)C(=O)O.[Cs]. The first-order chi connectivity index (χ1) is 2.94. The maximum absolute atomic E-state index is 10.0. The molecular formula is C5H10CsO2. The summed E-state index contributed by atoms with van der Waals surface area (Å²) in [6, 6.07) is 0. The van der Waals surface area contributed by atoms with Crippen molar-refractivity contribution in [3.8, 4) is 0 Å². The van der Waals surface area contributed by atoms with E-state index in [1.54, 1.807) is 20.8 Å². The first-order valence-electron chi connectivity index (χ1n) is 2.18.